The van der Waals surface area contributed by atoms with Crippen molar-refractivity contribution in [1.82, 2.24) is 26.1 Å². The number of amides is 2. The molecule has 0 saturated heterocycles. The minimum absolute atomic E-state index is 0. The number of nitrogens with one attached hydrogen (secondary N) is 4. The molecular weight excluding hydrogens is 342 g/mol. The van der Waals surface area contributed by atoms with Gasteiger partial charge in [0.15, 0.2) is 5.69 Å². The van der Waals surface area contributed by atoms with E-state index in [1.807, 2.05) is 24.3 Å². The highest BCUT2D eigenvalue weighted by molar-refractivity contribution is 6.04. The van der Waals surface area contributed by atoms with Crippen LogP contribution in [-0.4, -0.2) is 48.2 Å². The molecule has 4 N–H and O–H groups in total. The minimum atomic E-state index is -0.277. The fraction of sp³-hybridized carbons (Fsp3) is 0.353. The Labute approximate surface area is 152 Å². The normalized spacial score (nSPS) is 13.7. The van der Waals surface area contributed by atoms with Crippen molar-refractivity contribution >= 4 is 35.1 Å². The number of para-hydroxylation sites is 1. The van der Waals surface area contributed by atoms with Gasteiger partial charge in [-0.25, -0.2) is 0 Å². The first-order valence-electron chi connectivity index (χ1n) is 8.10. The number of fused-ring (bicyclic) bond motifs is 1. The number of aromatic nitrogens is 2. The Balaban J connectivity index is 0.00000225. The molecule has 134 valence electrons. The molecule has 7 nitrogen and oxygen atoms in total. The number of rotatable bonds is 6. The van der Waals surface area contributed by atoms with Gasteiger partial charge < -0.3 is 16.0 Å². The first kappa shape index (κ1) is 19.0. The molecule has 0 spiro atoms. The monoisotopic (exact) mass is 363 g/mol. The van der Waals surface area contributed by atoms with Gasteiger partial charge in [-0.1, -0.05) is 29.8 Å². The maximum Gasteiger partial charge on any atom is 0.272 e. The van der Waals surface area contributed by atoms with E-state index in [0.29, 0.717) is 12.2 Å². The molecule has 8 heteroatoms. The number of H-pyrrole nitrogens is 1. The molecule has 2 heterocycles. The summed E-state index contributed by atoms with van der Waals surface area (Å²) >= 11 is 0. The van der Waals surface area contributed by atoms with Gasteiger partial charge in [0.25, 0.3) is 5.91 Å². The first-order valence-corrected chi connectivity index (χ1v) is 8.10. The van der Waals surface area contributed by atoms with Crippen molar-refractivity contribution in [2.45, 2.75) is 12.8 Å². The smallest absolute Gasteiger partial charge is 0.272 e. The van der Waals surface area contributed by atoms with E-state index in [4.69, 9.17) is 0 Å². The first-order chi connectivity index (χ1) is 11.7. The quantitative estimate of drug-likeness (QED) is 0.578. The number of carbonyl (C=O) groups excluding carboxylic acids is 2. The molecule has 1 aliphatic heterocycles. The standard InChI is InChI=1S/C17H21N5O2.ClH/c23-15(20-11-12-5-8-18-9-6-12)7-10-19-17(24)16-13-3-1-2-4-14(13)21-22-16;/h1-5,18H,6-11H2,(H,19,24)(H,20,23)(H,21,22);1H. The van der Waals surface area contributed by atoms with Gasteiger partial charge >= 0.3 is 0 Å². The average molecular weight is 364 g/mol. The summed E-state index contributed by atoms with van der Waals surface area (Å²) in [7, 11) is 0. The molecular formula is C17H22ClN5O2. The lowest BCUT2D eigenvalue weighted by molar-refractivity contribution is -0.120. The molecule has 0 bridgehead atoms. The SMILES string of the molecule is Cl.O=C(CCNC(=O)c1n[nH]c2ccccc12)NCC1=CCNCC1. The highest BCUT2D eigenvalue weighted by atomic mass is 35.5. The van der Waals surface area contributed by atoms with Gasteiger partial charge in [-0.15, -0.1) is 12.4 Å². The molecule has 0 radical (unpaired) electrons. The molecule has 2 amide bonds. The number of halogens is 1. The number of benzene rings is 1. The minimum Gasteiger partial charge on any atom is -0.352 e. The van der Waals surface area contributed by atoms with E-state index in [2.05, 4.69) is 32.2 Å². The van der Waals surface area contributed by atoms with Crippen molar-refractivity contribution < 1.29 is 9.59 Å². The molecule has 0 saturated carbocycles. The van der Waals surface area contributed by atoms with Gasteiger partial charge in [0.2, 0.25) is 5.91 Å². The van der Waals surface area contributed by atoms with Crippen molar-refractivity contribution in [3.05, 3.63) is 41.6 Å². The fourth-order valence-electron chi connectivity index (χ4n) is 2.64. The van der Waals surface area contributed by atoms with E-state index in [0.717, 1.165) is 30.4 Å². The number of hydrogen-bond donors (Lipinski definition) is 4. The van der Waals surface area contributed by atoms with E-state index < -0.39 is 0 Å². The van der Waals surface area contributed by atoms with Crippen LogP contribution < -0.4 is 16.0 Å². The molecule has 2 aromatic rings. The molecule has 0 fully saturated rings. The summed E-state index contributed by atoms with van der Waals surface area (Å²) in [6.45, 7) is 2.68. The Morgan fingerprint density at radius 3 is 2.84 bits per heavy atom. The lowest BCUT2D eigenvalue weighted by Crippen LogP contribution is -2.33. The fourth-order valence-corrected chi connectivity index (χ4v) is 2.64. The van der Waals surface area contributed by atoms with E-state index in [-0.39, 0.29) is 37.2 Å². The second-order valence-electron chi connectivity index (χ2n) is 5.72. The Bertz CT molecular complexity index is 771. The number of nitrogens with zero attached hydrogens (tertiary/aromatic N) is 1. The molecule has 1 aliphatic rings. The molecule has 1 aromatic carbocycles. The summed E-state index contributed by atoms with van der Waals surface area (Å²) in [6.07, 6.45) is 3.32. The van der Waals surface area contributed by atoms with Gasteiger partial charge in [-0.2, -0.15) is 5.10 Å². The van der Waals surface area contributed by atoms with Crippen LogP contribution in [0.15, 0.2) is 35.9 Å². The molecule has 1 aromatic heterocycles. The van der Waals surface area contributed by atoms with Crippen LogP contribution in [0.4, 0.5) is 0 Å². The highest BCUT2D eigenvalue weighted by Gasteiger charge is 2.13. The maximum atomic E-state index is 12.2. The predicted molar refractivity (Wildman–Crippen MR) is 98.9 cm³/mol. The summed E-state index contributed by atoms with van der Waals surface area (Å²) in [6, 6.07) is 7.44. The zero-order valence-electron chi connectivity index (χ0n) is 13.8. The van der Waals surface area contributed by atoms with Crippen molar-refractivity contribution in [2.24, 2.45) is 0 Å². The number of carbonyl (C=O) groups is 2. The Kier molecular flexibility index (Phi) is 6.97. The van der Waals surface area contributed by atoms with Crippen molar-refractivity contribution in [1.29, 1.82) is 0 Å². The molecule has 3 rings (SSSR count). The van der Waals surface area contributed by atoms with E-state index in [1.165, 1.54) is 5.57 Å². The molecule has 0 aliphatic carbocycles. The molecule has 25 heavy (non-hydrogen) atoms. The van der Waals surface area contributed by atoms with Crippen LogP contribution in [0.1, 0.15) is 23.3 Å². The van der Waals surface area contributed by atoms with Crippen molar-refractivity contribution in [3.63, 3.8) is 0 Å². The van der Waals surface area contributed by atoms with E-state index in [9.17, 15) is 9.59 Å². The number of aromatic amines is 1. The predicted octanol–water partition coefficient (Wildman–Crippen LogP) is 1.14. The molecule has 0 unspecified atom stereocenters. The van der Waals surface area contributed by atoms with Gasteiger partial charge in [0.1, 0.15) is 0 Å². The molecule has 0 atom stereocenters. The van der Waals surface area contributed by atoms with Gasteiger partial charge in [0, 0.05) is 31.4 Å². The summed E-state index contributed by atoms with van der Waals surface area (Å²) in [5.41, 5.74) is 2.41. The zero-order chi connectivity index (χ0) is 16.8. The largest absolute Gasteiger partial charge is 0.352 e. The number of hydrogen-bond acceptors (Lipinski definition) is 4. The topological polar surface area (TPSA) is 98.9 Å². The average Bonchev–Trinajstić information content (AvgIpc) is 3.05. The summed E-state index contributed by atoms with van der Waals surface area (Å²) in [5.74, 6) is -0.345. The third kappa shape index (κ3) is 5.04. The summed E-state index contributed by atoms with van der Waals surface area (Å²) in [4.78, 5) is 24.0. The maximum absolute atomic E-state index is 12.2. The van der Waals surface area contributed by atoms with Crippen LogP contribution in [0.3, 0.4) is 0 Å². The lowest BCUT2D eigenvalue weighted by Gasteiger charge is -2.14. The van der Waals surface area contributed by atoms with Crippen LogP contribution in [0.5, 0.6) is 0 Å². The van der Waals surface area contributed by atoms with Gasteiger partial charge in [0.05, 0.1) is 5.52 Å². The van der Waals surface area contributed by atoms with Crippen molar-refractivity contribution in [2.75, 3.05) is 26.2 Å². The third-order valence-corrected chi connectivity index (χ3v) is 3.99. The zero-order valence-corrected chi connectivity index (χ0v) is 14.6. The van der Waals surface area contributed by atoms with Crippen molar-refractivity contribution in [3.8, 4) is 0 Å². The van der Waals surface area contributed by atoms with Gasteiger partial charge in [-0.3, -0.25) is 14.7 Å². The van der Waals surface area contributed by atoms with Gasteiger partial charge in [-0.05, 0) is 19.0 Å². The summed E-state index contributed by atoms with van der Waals surface area (Å²) in [5, 5.41) is 16.5. The van der Waals surface area contributed by atoms with Crippen LogP contribution in [0, 0.1) is 0 Å². The van der Waals surface area contributed by atoms with Crippen LogP contribution in [0.25, 0.3) is 10.9 Å². The third-order valence-electron chi connectivity index (χ3n) is 3.99. The Hall–Kier alpha value is -2.38. The highest BCUT2D eigenvalue weighted by Crippen LogP contribution is 2.14. The Morgan fingerprint density at radius 1 is 1.20 bits per heavy atom. The second-order valence-corrected chi connectivity index (χ2v) is 5.72. The van der Waals surface area contributed by atoms with Crippen LogP contribution in [-0.2, 0) is 4.79 Å². The Morgan fingerprint density at radius 2 is 2.04 bits per heavy atom. The van der Waals surface area contributed by atoms with E-state index >= 15 is 0 Å². The van der Waals surface area contributed by atoms with Crippen LogP contribution >= 0.6 is 12.4 Å². The second kappa shape index (κ2) is 9.19. The summed E-state index contributed by atoms with van der Waals surface area (Å²) < 4.78 is 0. The van der Waals surface area contributed by atoms with Crippen LogP contribution in [0.2, 0.25) is 0 Å². The lowest BCUT2D eigenvalue weighted by atomic mass is 10.1. The van der Waals surface area contributed by atoms with E-state index in [1.54, 1.807) is 0 Å².